The Kier molecular flexibility index (Phi) is 11.5. The maximum atomic E-state index is 14.1. The second-order valence-electron chi connectivity index (χ2n) is 9.80. The third-order valence-electron chi connectivity index (χ3n) is 6.70. The fraction of sp³-hybridized carbons (Fsp3) is 0.333. The number of halogens is 3. The third-order valence-corrected chi connectivity index (χ3v) is 9.42. The molecule has 0 bridgehead atoms. The van der Waals surface area contributed by atoms with Crippen molar-refractivity contribution in [2.75, 3.05) is 17.4 Å². The molecule has 0 aromatic heterocycles. The molecule has 1 unspecified atom stereocenters. The fourth-order valence-electron chi connectivity index (χ4n) is 4.22. The number of nitrogens with zero attached hydrogens (tertiary/aromatic N) is 2. The lowest BCUT2D eigenvalue weighted by Crippen LogP contribution is -2.51. The van der Waals surface area contributed by atoms with Gasteiger partial charge in [0, 0.05) is 33.7 Å². The van der Waals surface area contributed by atoms with Gasteiger partial charge >= 0.3 is 0 Å². The molecule has 0 fully saturated rings. The predicted octanol–water partition coefficient (Wildman–Crippen LogP) is 6.79. The lowest BCUT2D eigenvalue weighted by molar-refractivity contribution is -0.139. The van der Waals surface area contributed by atoms with Crippen molar-refractivity contribution in [2.45, 2.75) is 58.0 Å². The van der Waals surface area contributed by atoms with Gasteiger partial charge in [-0.3, -0.25) is 13.9 Å². The zero-order chi connectivity index (χ0) is 30.3. The van der Waals surface area contributed by atoms with Crippen molar-refractivity contribution in [1.29, 1.82) is 0 Å². The van der Waals surface area contributed by atoms with Gasteiger partial charge in [-0.05, 0) is 75.2 Å². The molecule has 7 nitrogen and oxygen atoms in total. The van der Waals surface area contributed by atoms with E-state index in [4.69, 9.17) is 34.8 Å². The number of nitrogens with one attached hydrogen (secondary N) is 1. The van der Waals surface area contributed by atoms with E-state index in [1.807, 2.05) is 13.8 Å². The molecule has 3 aromatic carbocycles. The monoisotopic (exact) mass is 637 g/mol. The van der Waals surface area contributed by atoms with Crippen molar-refractivity contribution in [3.8, 4) is 0 Å². The Morgan fingerprint density at radius 2 is 1.59 bits per heavy atom. The quantitative estimate of drug-likeness (QED) is 0.221. The van der Waals surface area contributed by atoms with Crippen LogP contribution in [0, 0.1) is 13.8 Å². The molecule has 41 heavy (non-hydrogen) atoms. The molecule has 1 atom stereocenters. The zero-order valence-corrected chi connectivity index (χ0v) is 26.5. The van der Waals surface area contributed by atoms with E-state index in [0.717, 1.165) is 22.7 Å². The molecule has 1 N–H and O–H groups in total. The van der Waals surface area contributed by atoms with Crippen LogP contribution in [-0.2, 0) is 26.2 Å². The molecule has 0 aliphatic carbocycles. The van der Waals surface area contributed by atoms with Gasteiger partial charge in [-0.15, -0.1) is 0 Å². The number of amides is 2. The summed E-state index contributed by atoms with van der Waals surface area (Å²) >= 11 is 19.0. The van der Waals surface area contributed by atoms with Crippen molar-refractivity contribution < 1.29 is 18.0 Å². The summed E-state index contributed by atoms with van der Waals surface area (Å²) in [7, 11) is -4.20. The van der Waals surface area contributed by atoms with Crippen molar-refractivity contribution in [3.63, 3.8) is 0 Å². The summed E-state index contributed by atoms with van der Waals surface area (Å²) in [5.41, 5.74) is 2.19. The minimum Gasteiger partial charge on any atom is -0.354 e. The van der Waals surface area contributed by atoms with E-state index >= 15 is 0 Å². The van der Waals surface area contributed by atoms with Crippen LogP contribution in [0.5, 0.6) is 0 Å². The maximum Gasteiger partial charge on any atom is 0.264 e. The Bertz CT molecular complexity index is 1480. The predicted molar refractivity (Wildman–Crippen MR) is 166 cm³/mol. The van der Waals surface area contributed by atoms with Crippen LogP contribution in [-0.4, -0.2) is 44.3 Å². The number of carbonyl (C=O) groups excluding carboxylic acids is 2. The summed E-state index contributed by atoms with van der Waals surface area (Å²) < 4.78 is 29.0. The molecule has 0 aliphatic rings. The van der Waals surface area contributed by atoms with E-state index in [-0.39, 0.29) is 17.3 Å². The molecule has 220 valence electrons. The highest BCUT2D eigenvalue weighted by atomic mass is 35.5. The number of hydrogen-bond acceptors (Lipinski definition) is 4. The summed E-state index contributed by atoms with van der Waals surface area (Å²) in [6.45, 7) is 6.95. The molecule has 0 saturated heterocycles. The van der Waals surface area contributed by atoms with Crippen LogP contribution < -0.4 is 9.62 Å². The Morgan fingerprint density at radius 1 is 0.951 bits per heavy atom. The average molecular weight is 639 g/mol. The van der Waals surface area contributed by atoms with E-state index in [1.54, 1.807) is 62.4 Å². The van der Waals surface area contributed by atoms with Crippen LogP contribution in [0.1, 0.15) is 43.4 Å². The number of benzene rings is 3. The number of unbranched alkanes of at least 4 members (excludes halogenated alkanes) is 1. The largest absolute Gasteiger partial charge is 0.354 e. The molecule has 0 aliphatic heterocycles. The number of rotatable bonds is 12. The van der Waals surface area contributed by atoms with Crippen molar-refractivity contribution in [3.05, 3.63) is 92.4 Å². The summed E-state index contributed by atoms with van der Waals surface area (Å²) in [6.07, 6.45) is 1.67. The van der Waals surface area contributed by atoms with Gasteiger partial charge in [0.05, 0.1) is 10.6 Å². The average Bonchev–Trinajstić information content (AvgIpc) is 2.92. The van der Waals surface area contributed by atoms with Crippen molar-refractivity contribution in [1.82, 2.24) is 10.2 Å². The third kappa shape index (κ3) is 8.16. The first-order chi connectivity index (χ1) is 19.4. The van der Waals surface area contributed by atoms with Crippen LogP contribution in [0.15, 0.2) is 65.6 Å². The van der Waals surface area contributed by atoms with Crippen molar-refractivity contribution in [2.24, 2.45) is 0 Å². The van der Waals surface area contributed by atoms with Gasteiger partial charge in [-0.25, -0.2) is 8.42 Å². The molecule has 0 saturated carbocycles. The van der Waals surface area contributed by atoms with Gasteiger partial charge in [-0.2, -0.15) is 0 Å². The summed E-state index contributed by atoms with van der Waals surface area (Å²) in [5.74, 6) is -0.977. The van der Waals surface area contributed by atoms with Crippen molar-refractivity contribution >= 4 is 62.3 Å². The summed E-state index contributed by atoms with van der Waals surface area (Å²) in [5, 5.41) is 3.93. The highest BCUT2D eigenvalue weighted by Gasteiger charge is 2.33. The first-order valence-corrected chi connectivity index (χ1v) is 15.8. The van der Waals surface area contributed by atoms with E-state index in [9.17, 15) is 18.0 Å². The van der Waals surface area contributed by atoms with Crippen LogP contribution in [0.4, 0.5) is 5.69 Å². The number of sulfonamides is 1. The first kappa shape index (κ1) is 32.7. The molecule has 3 rings (SSSR count). The molecule has 2 amide bonds. The van der Waals surface area contributed by atoms with Crippen LogP contribution in [0.25, 0.3) is 0 Å². The van der Waals surface area contributed by atoms with Gasteiger partial charge < -0.3 is 10.2 Å². The topological polar surface area (TPSA) is 86.8 Å². The number of hydrogen-bond donors (Lipinski definition) is 1. The molecule has 11 heteroatoms. The van der Waals surface area contributed by atoms with E-state index in [0.29, 0.717) is 38.4 Å². The molecule has 0 heterocycles. The van der Waals surface area contributed by atoms with Crippen LogP contribution >= 0.6 is 34.8 Å². The van der Waals surface area contributed by atoms with Gasteiger partial charge in [0.15, 0.2) is 0 Å². The molecular formula is C30H34Cl3N3O4S. The highest BCUT2D eigenvalue weighted by Crippen LogP contribution is 2.31. The Balaban J connectivity index is 2.07. The molecule has 0 spiro atoms. The minimum absolute atomic E-state index is 0.0244. The SMILES string of the molecule is CCCCNC(=O)C(C)N(Cc1c(Cl)cccc1Cl)C(=O)CN(c1ccc(Cl)cc1C)S(=O)(=O)c1ccc(C)cc1. The molecular weight excluding hydrogens is 605 g/mol. The zero-order valence-electron chi connectivity index (χ0n) is 23.5. The maximum absolute atomic E-state index is 14.1. The normalized spacial score (nSPS) is 12.1. The number of carbonyl (C=O) groups is 2. The van der Waals surface area contributed by atoms with E-state index in [1.165, 1.54) is 17.0 Å². The first-order valence-electron chi connectivity index (χ1n) is 13.2. The minimum atomic E-state index is -4.20. The van der Waals surface area contributed by atoms with E-state index in [2.05, 4.69) is 5.32 Å². The van der Waals surface area contributed by atoms with Crippen LogP contribution in [0.2, 0.25) is 15.1 Å². The summed E-state index contributed by atoms with van der Waals surface area (Å²) in [6, 6.07) is 15.2. The van der Waals surface area contributed by atoms with Crippen LogP contribution in [0.3, 0.4) is 0 Å². The second kappa shape index (κ2) is 14.4. The Hall–Kier alpha value is -2.78. The summed E-state index contributed by atoms with van der Waals surface area (Å²) in [4.78, 5) is 28.5. The smallest absolute Gasteiger partial charge is 0.264 e. The Labute approximate surface area is 257 Å². The fourth-order valence-corrected chi connectivity index (χ4v) is 6.44. The molecule has 3 aromatic rings. The van der Waals surface area contributed by atoms with Gasteiger partial charge in [0.25, 0.3) is 10.0 Å². The number of aryl methyl sites for hydroxylation is 2. The Morgan fingerprint density at radius 3 is 2.17 bits per heavy atom. The highest BCUT2D eigenvalue weighted by molar-refractivity contribution is 7.92. The standard InChI is InChI=1S/C30H34Cl3N3O4S/c1-5-6-16-34-30(38)22(4)35(18-25-26(32)8-7-9-27(25)33)29(37)19-36(28-15-12-23(31)17-21(28)3)41(39,40)24-13-10-20(2)11-14-24/h7-15,17,22H,5-6,16,18-19H2,1-4H3,(H,34,38). The number of anilines is 1. The van der Waals surface area contributed by atoms with Gasteiger partial charge in [0.1, 0.15) is 12.6 Å². The lowest BCUT2D eigenvalue weighted by Gasteiger charge is -2.32. The lowest BCUT2D eigenvalue weighted by atomic mass is 10.1. The van der Waals surface area contributed by atoms with E-state index < -0.39 is 28.5 Å². The van der Waals surface area contributed by atoms with Gasteiger partial charge in [0.2, 0.25) is 11.8 Å². The van der Waals surface area contributed by atoms with Gasteiger partial charge in [-0.1, -0.05) is 71.9 Å². The second-order valence-corrected chi connectivity index (χ2v) is 12.9. The molecule has 0 radical (unpaired) electrons.